The predicted octanol–water partition coefficient (Wildman–Crippen LogP) is 0.835. The van der Waals surface area contributed by atoms with Gasteiger partial charge in [-0.05, 0) is 31.8 Å². The third kappa shape index (κ3) is 2.71. The van der Waals surface area contributed by atoms with Gasteiger partial charge in [0.05, 0.1) is 24.0 Å². The average molecular weight is 341 g/mol. The Bertz CT molecular complexity index is 749. The third-order valence-corrected chi connectivity index (χ3v) is 5.39. The van der Waals surface area contributed by atoms with Crippen LogP contribution in [0.4, 0.5) is 5.82 Å². The number of nitrogens with one attached hydrogen (secondary N) is 1. The highest BCUT2D eigenvalue weighted by molar-refractivity contribution is 5.88. The van der Waals surface area contributed by atoms with Gasteiger partial charge in [-0.1, -0.05) is 12.8 Å². The Hall–Kier alpha value is -2.64. The number of likely N-dealkylation sites (tertiary alicyclic amines) is 1. The van der Waals surface area contributed by atoms with Crippen LogP contribution in [0.1, 0.15) is 50.6 Å². The molecule has 1 saturated heterocycles. The van der Waals surface area contributed by atoms with E-state index in [1.807, 2.05) is 11.8 Å². The van der Waals surface area contributed by atoms with Crippen LogP contribution < -0.4 is 16.8 Å². The summed E-state index contributed by atoms with van der Waals surface area (Å²) >= 11 is 0. The second-order valence-corrected chi connectivity index (χ2v) is 6.96. The maximum absolute atomic E-state index is 13.3. The topological polar surface area (TPSA) is 123 Å². The van der Waals surface area contributed by atoms with Crippen LogP contribution in [0.15, 0.2) is 28.7 Å². The minimum Gasteiger partial charge on any atom is -0.382 e. The molecule has 1 amide bonds. The number of hydrogen-bond acceptors (Lipinski definition) is 7. The molecule has 0 radical (unpaired) electrons. The van der Waals surface area contributed by atoms with Crippen molar-refractivity contribution < 1.29 is 4.79 Å². The van der Waals surface area contributed by atoms with Crippen molar-refractivity contribution in [3.05, 3.63) is 29.4 Å². The summed E-state index contributed by atoms with van der Waals surface area (Å²) in [5.74, 6) is 0.443. The average Bonchev–Trinajstić information content (AvgIpc) is 3.09. The Morgan fingerprint density at radius 3 is 2.64 bits per heavy atom. The lowest BCUT2D eigenvalue weighted by atomic mass is 9.85. The lowest BCUT2D eigenvalue weighted by molar-refractivity contribution is -0.139. The quantitative estimate of drug-likeness (QED) is 0.732. The molecule has 1 saturated carbocycles. The lowest BCUT2D eigenvalue weighted by Gasteiger charge is -2.46. The monoisotopic (exact) mass is 341 g/mol. The molecule has 5 N–H and O–H groups in total. The summed E-state index contributed by atoms with van der Waals surface area (Å²) in [6.07, 6.45) is 7.82. The van der Waals surface area contributed by atoms with Gasteiger partial charge in [-0.3, -0.25) is 9.78 Å². The summed E-state index contributed by atoms with van der Waals surface area (Å²) in [4.78, 5) is 28.2. The zero-order chi connectivity index (χ0) is 17.6. The van der Waals surface area contributed by atoms with Crippen molar-refractivity contribution in [2.45, 2.75) is 57.2 Å². The number of rotatable bonds is 2. The summed E-state index contributed by atoms with van der Waals surface area (Å²) in [5, 5.41) is 3.21. The van der Waals surface area contributed by atoms with E-state index >= 15 is 0 Å². The molecule has 2 unspecified atom stereocenters. The van der Waals surface area contributed by atoms with E-state index in [1.165, 1.54) is 6.20 Å². The number of nitrogen functional groups attached to an aromatic ring is 1. The maximum atomic E-state index is 13.3. The second-order valence-electron chi connectivity index (χ2n) is 6.96. The molecule has 1 aliphatic carbocycles. The van der Waals surface area contributed by atoms with Crippen LogP contribution in [0.25, 0.3) is 0 Å². The Labute approximate surface area is 146 Å². The van der Waals surface area contributed by atoms with E-state index < -0.39 is 0 Å². The van der Waals surface area contributed by atoms with Crippen molar-refractivity contribution in [2.75, 3.05) is 5.73 Å². The van der Waals surface area contributed by atoms with Gasteiger partial charge in [0.2, 0.25) is 5.91 Å². The summed E-state index contributed by atoms with van der Waals surface area (Å²) < 4.78 is 0. The van der Waals surface area contributed by atoms with E-state index in [0.717, 1.165) is 37.0 Å². The van der Waals surface area contributed by atoms with Crippen molar-refractivity contribution in [3.63, 3.8) is 0 Å². The Kier molecular flexibility index (Phi) is 3.82. The number of fused-ring (bicyclic) bond motifs is 1. The largest absolute Gasteiger partial charge is 0.382 e. The van der Waals surface area contributed by atoms with E-state index in [1.54, 1.807) is 6.20 Å². The molecule has 4 rings (SSSR count). The Morgan fingerprint density at radius 1 is 1.20 bits per heavy atom. The molecule has 3 heterocycles. The molecule has 0 spiro atoms. The van der Waals surface area contributed by atoms with Crippen molar-refractivity contribution in [1.82, 2.24) is 20.2 Å². The van der Waals surface area contributed by atoms with Crippen molar-refractivity contribution in [3.8, 4) is 0 Å². The highest BCUT2D eigenvalue weighted by atomic mass is 16.2. The van der Waals surface area contributed by atoms with E-state index in [0.29, 0.717) is 23.9 Å². The number of amides is 1. The van der Waals surface area contributed by atoms with Crippen LogP contribution in [0.2, 0.25) is 0 Å². The molecule has 8 heteroatoms. The van der Waals surface area contributed by atoms with Crippen LogP contribution in [0.5, 0.6) is 0 Å². The zero-order valence-electron chi connectivity index (χ0n) is 14.3. The number of hydrogen-bond donors (Lipinski definition) is 3. The normalized spacial score (nSPS) is 27.2. The Morgan fingerprint density at radius 2 is 1.96 bits per heavy atom. The van der Waals surface area contributed by atoms with Gasteiger partial charge in [-0.15, -0.1) is 0 Å². The summed E-state index contributed by atoms with van der Waals surface area (Å²) in [5.41, 5.74) is 14.2. The van der Waals surface area contributed by atoms with Gasteiger partial charge >= 0.3 is 0 Å². The molecule has 2 fully saturated rings. The molecular formula is C17H23N7O. The third-order valence-electron chi connectivity index (χ3n) is 5.39. The SMILES string of the molecule is CC1=C2CC(c3cnc(N)cn3)C(=O)N(C3CCCC3)C2NC(N)=N1. The standard InChI is InChI=1S/C17H23N7O/c1-9-11-6-12(13-7-21-14(18)8-20-13)16(25)24(10-4-2-3-5-10)15(11)23-17(19)22-9/h7-8,10,12,15H,2-6H2,1H3,(H2,18,21)(H3,19,22,23). The number of carbonyl (C=O) groups is 1. The van der Waals surface area contributed by atoms with Crippen molar-refractivity contribution in [2.24, 2.45) is 10.7 Å². The van der Waals surface area contributed by atoms with E-state index in [-0.39, 0.29) is 24.0 Å². The maximum Gasteiger partial charge on any atom is 0.234 e. The summed E-state index contributed by atoms with van der Waals surface area (Å²) in [6, 6.07) is 0.225. The van der Waals surface area contributed by atoms with Crippen LogP contribution in [0.3, 0.4) is 0 Å². The first-order valence-corrected chi connectivity index (χ1v) is 8.74. The van der Waals surface area contributed by atoms with Crippen LogP contribution in [-0.4, -0.2) is 38.9 Å². The molecule has 132 valence electrons. The molecule has 3 aliphatic rings. The summed E-state index contributed by atoms with van der Waals surface area (Å²) in [7, 11) is 0. The van der Waals surface area contributed by atoms with E-state index in [9.17, 15) is 4.79 Å². The Balaban J connectivity index is 1.75. The van der Waals surface area contributed by atoms with Gasteiger partial charge in [0.25, 0.3) is 0 Å². The van der Waals surface area contributed by atoms with Crippen LogP contribution in [0, 0.1) is 0 Å². The number of anilines is 1. The summed E-state index contributed by atoms with van der Waals surface area (Å²) in [6.45, 7) is 1.95. The van der Waals surface area contributed by atoms with Crippen LogP contribution >= 0.6 is 0 Å². The van der Waals surface area contributed by atoms with Crippen molar-refractivity contribution >= 4 is 17.7 Å². The minimum atomic E-state index is -0.355. The van der Waals surface area contributed by atoms with Crippen LogP contribution in [-0.2, 0) is 4.79 Å². The number of piperidine rings is 1. The molecule has 8 nitrogen and oxygen atoms in total. The van der Waals surface area contributed by atoms with Crippen molar-refractivity contribution in [1.29, 1.82) is 0 Å². The highest BCUT2D eigenvalue weighted by Crippen LogP contribution is 2.39. The first kappa shape index (κ1) is 15.9. The number of aliphatic imine (C=N–C) groups is 1. The number of guanidine groups is 1. The van der Waals surface area contributed by atoms with Gasteiger partial charge in [0.15, 0.2) is 5.96 Å². The molecule has 1 aromatic heterocycles. The number of carbonyl (C=O) groups excluding carboxylic acids is 1. The number of aromatic nitrogens is 2. The molecule has 2 aliphatic heterocycles. The fourth-order valence-electron chi connectivity index (χ4n) is 4.15. The molecule has 2 atom stereocenters. The molecule has 1 aromatic rings. The fraction of sp³-hybridized carbons (Fsp3) is 0.529. The molecule has 25 heavy (non-hydrogen) atoms. The number of nitrogens with zero attached hydrogens (tertiary/aromatic N) is 4. The number of nitrogens with two attached hydrogens (primary N) is 2. The molecular weight excluding hydrogens is 318 g/mol. The zero-order valence-corrected chi connectivity index (χ0v) is 14.3. The van der Waals surface area contributed by atoms with Gasteiger partial charge in [-0.25, -0.2) is 9.98 Å². The minimum absolute atomic E-state index is 0.0784. The van der Waals surface area contributed by atoms with Gasteiger partial charge in [0.1, 0.15) is 12.0 Å². The molecule has 0 aromatic carbocycles. The van der Waals surface area contributed by atoms with Gasteiger partial charge in [0, 0.05) is 11.7 Å². The highest BCUT2D eigenvalue weighted by Gasteiger charge is 2.45. The number of allylic oxidation sites excluding steroid dienone is 1. The van der Waals surface area contributed by atoms with E-state index in [4.69, 9.17) is 11.5 Å². The first-order valence-electron chi connectivity index (χ1n) is 8.74. The van der Waals surface area contributed by atoms with Gasteiger partial charge in [-0.2, -0.15) is 0 Å². The second kappa shape index (κ2) is 6.02. The fourth-order valence-corrected chi connectivity index (χ4v) is 4.15. The smallest absolute Gasteiger partial charge is 0.234 e. The molecule has 0 bridgehead atoms. The van der Waals surface area contributed by atoms with Gasteiger partial charge < -0.3 is 21.7 Å². The lowest BCUT2D eigenvalue weighted by Crippen LogP contribution is -2.61. The van der Waals surface area contributed by atoms with E-state index in [2.05, 4.69) is 20.3 Å². The predicted molar refractivity (Wildman–Crippen MR) is 94.2 cm³/mol. The first-order chi connectivity index (χ1) is 12.0.